The van der Waals surface area contributed by atoms with Gasteiger partial charge in [-0.25, -0.2) is 0 Å². The SMILES string of the molecule is Br.CC(C)(N)c1nc(Br)no1. The summed E-state index contributed by atoms with van der Waals surface area (Å²) >= 11 is 3.05. The number of nitrogens with two attached hydrogens (primary N) is 1. The molecule has 1 heterocycles. The van der Waals surface area contributed by atoms with Crippen LogP contribution in [0.2, 0.25) is 0 Å². The molecule has 6 heteroatoms. The van der Waals surface area contributed by atoms with Gasteiger partial charge in [-0.15, -0.1) is 17.0 Å². The third kappa shape index (κ3) is 2.88. The van der Waals surface area contributed by atoms with Gasteiger partial charge in [0, 0.05) is 0 Å². The highest BCUT2D eigenvalue weighted by Crippen LogP contribution is 2.15. The Kier molecular flexibility index (Phi) is 3.66. The molecular weight excluding hydrogens is 278 g/mol. The number of rotatable bonds is 1. The van der Waals surface area contributed by atoms with Crippen molar-refractivity contribution in [3.05, 3.63) is 10.6 Å². The van der Waals surface area contributed by atoms with E-state index in [0.29, 0.717) is 10.6 Å². The van der Waals surface area contributed by atoms with Gasteiger partial charge >= 0.3 is 0 Å². The second-order valence-corrected chi connectivity index (χ2v) is 3.30. The summed E-state index contributed by atoms with van der Waals surface area (Å²) in [7, 11) is 0. The Morgan fingerprint density at radius 2 is 2.09 bits per heavy atom. The van der Waals surface area contributed by atoms with Gasteiger partial charge in [0.2, 0.25) is 10.6 Å². The molecule has 0 fully saturated rings. The Labute approximate surface area is 83.4 Å². The van der Waals surface area contributed by atoms with Crippen LogP contribution in [-0.2, 0) is 5.54 Å². The third-order valence-electron chi connectivity index (χ3n) is 0.952. The maximum atomic E-state index is 5.65. The summed E-state index contributed by atoms with van der Waals surface area (Å²) in [5, 5.41) is 3.53. The number of hydrogen-bond acceptors (Lipinski definition) is 4. The fourth-order valence-corrected chi connectivity index (χ4v) is 0.701. The molecule has 0 saturated heterocycles. The zero-order chi connectivity index (χ0) is 7.78. The van der Waals surface area contributed by atoms with Crippen LogP contribution in [0.25, 0.3) is 0 Å². The highest BCUT2D eigenvalue weighted by atomic mass is 79.9. The third-order valence-corrected chi connectivity index (χ3v) is 1.27. The lowest BCUT2D eigenvalue weighted by Crippen LogP contribution is -2.28. The van der Waals surface area contributed by atoms with Crippen LogP contribution in [-0.4, -0.2) is 10.1 Å². The summed E-state index contributed by atoms with van der Waals surface area (Å²) in [4.78, 5) is 3.90. The molecule has 0 bridgehead atoms. The molecule has 0 aromatic carbocycles. The van der Waals surface area contributed by atoms with Gasteiger partial charge in [0.25, 0.3) is 0 Å². The molecule has 0 amide bonds. The Balaban J connectivity index is 0.000001000. The Morgan fingerprint density at radius 1 is 1.55 bits per heavy atom. The normalized spacial score (nSPS) is 10.9. The van der Waals surface area contributed by atoms with E-state index in [-0.39, 0.29) is 17.0 Å². The quantitative estimate of drug-likeness (QED) is 0.852. The largest absolute Gasteiger partial charge is 0.336 e. The molecule has 0 aliphatic carbocycles. The smallest absolute Gasteiger partial charge is 0.246 e. The van der Waals surface area contributed by atoms with Crippen molar-refractivity contribution in [1.29, 1.82) is 0 Å². The van der Waals surface area contributed by atoms with Crippen LogP contribution < -0.4 is 5.73 Å². The molecule has 0 unspecified atom stereocenters. The van der Waals surface area contributed by atoms with Gasteiger partial charge in [0.05, 0.1) is 5.54 Å². The van der Waals surface area contributed by atoms with E-state index in [2.05, 4.69) is 26.1 Å². The van der Waals surface area contributed by atoms with E-state index >= 15 is 0 Å². The van der Waals surface area contributed by atoms with Gasteiger partial charge in [-0.05, 0) is 34.9 Å². The van der Waals surface area contributed by atoms with Gasteiger partial charge in [-0.1, -0.05) is 0 Å². The second kappa shape index (κ2) is 3.64. The zero-order valence-electron chi connectivity index (χ0n) is 6.17. The number of hydrogen-bond donors (Lipinski definition) is 1. The summed E-state index contributed by atoms with van der Waals surface area (Å²) < 4.78 is 5.23. The molecule has 0 radical (unpaired) electrons. The molecule has 64 valence electrons. The average molecular weight is 287 g/mol. The number of nitrogens with zero attached hydrogens (tertiary/aromatic N) is 2. The predicted octanol–water partition coefficient (Wildman–Crippen LogP) is 1.60. The lowest BCUT2D eigenvalue weighted by molar-refractivity contribution is 0.310. The molecule has 0 aliphatic rings. The zero-order valence-corrected chi connectivity index (χ0v) is 9.47. The van der Waals surface area contributed by atoms with E-state index in [9.17, 15) is 0 Å². The van der Waals surface area contributed by atoms with Crippen molar-refractivity contribution in [2.45, 2.75) is 19.4 Å². The van der Waals surface area contributed by atoms with Crippen molar-refractivity contribution in [3.8, 4) is 0 Å². The van der Waals surface area contributed by atoms with Crippen molar-refractivity contribution < 1.29 is 4.52 Å². The minimum absolute atomic E-state index is 0. The van der Waals surface area contributed by atoms with E-state index in [1.807, 2.05) is 0 Å². The van der Waals surface area contributed by atoms with Gasteiger partial charge < -0.3 is 10.3 Å². The molecule has 11 heavy (non-hydrogen) atoms. The fourth-order valence-electron chi connectivity index (χ4n) is 0.467. The van der Waals surface area contributed by atoms with E-state index in [1.54, 1.807) is 13.8 Å². The van der Waals surface area contributed by atoms with Crippen molar-refractivity contribution in [2.75, 3.05) is 0 Å². The Bertz CT molecular complexity index is 230. The van der Waals surface area contributed by atoms with Crippen LogP contribution in [0.1, 0.15) is 19.7 Å². The van der Waals surface area contributed by atoms with Crippen LogP contribution in [0.3, 0.4) is 0 Å². The standard InChI is InChI=1S/C5H8BrN3O.BrH/c1-5(2,7)3-8-4(6)9-10-3;/h7H2,1-2H3;1H. The summed E-state index contributed by atoms with van der Waals surface area (Å²) in [6.45, 7) is 3.60. The maximum Gasteiger partial charge on any atom is 0.246 e. The molecule has 0 spiro atoms. The highest BCUT2D eigenvalue weighted by molar-refractivity contribution is 9.10. The molecule has 0 saturated carbocycles. The first-order valence-corrected chi connectivity index (χ1v) is 3.58. The fraction of sp³-hybridized carbons (Fsp3) is 0.600. The summed E-state index contributed by atoms with van der Waals surface area (Å²) in [5.74, 6) is 0.430. The Hall–Kier alpha value is 0.0600. The summed E-state index contributed by atoms with van der Waals surface area (Å²) in [6.07, 6.45) is 0. The lowest BCUT2D eigenvalue weighted by Gasteiger charge is -2.10. The first-order valence-electron chi connectivity index (χ1n) is 2.79. The lowest BCUT2D eigenvalue weighted by atomic mass is 10.1. The summed E-state index contributed by atoms with van der Waals surface area (Å²) in [5.41, 5.74) is 5.10. The molecule has 0 atom stereocenters. The maximum absolute atomic E-state index is 5.65. The summed E-state index contributed by atoms with van der Waals surface area (Å²) in [6, 6.07) is 0. The van der Waals surface area contributed by atoms with Crippen LogP contribution >= 0.6 is 32.9 Å². The highest BCUT2D eigenvalue weighted by Gasteiger charge is 2.21. The van der Waals surface area contributed by atoms with Crippen molar-refractivity contribution in [1.82, 2.24) is 10.1 Å². The first-order chi connectivity index (χ1) is 4.50. The minimum Gasteiger partial charge on any atom is -0.336 e. The molecule has 1 rings (SSSR count). The number of halogens is 2. The molecular formula is C5H9Br2N3O. The molecule has 0 aliphatic heterocycles. The van der Waals surface area contributed by atoms with Crippen LogP contribution in [0.5, 0.6) is 0 Å². The van der Waals surface area contributed by atoms with Gasteiger partial charge in [0.1, 0.15) is 0 Å². The van der Waals surface area contributed by atoms with Gasteiger partial charge in [-0.3, -0.25) is 0 Å². The minimum atomic E-state index is -0.557. The molecule has 1 aromatic heterocycles. The number of aromatic nitrogens is 2. The van der Waals surface area contributed by atoms with E-state index < -0.39 is 5.54 Å². The van der Waals surface area contributed by atoms with Crippen molar-refractivity contribution in [3.63, 3.8) is 0 Å². The molecule has 2 N–H and O–H groups in total. The molecule has 4 nitrogen and oxygen atoms in total. The van der Waals surface area contributed by atoms with Gasteiger partial charge in [0.15, 0.2) is 0 Å². The van der Waals surface area contributed by atoms with Crippen molar-refractivity contribution in [2.24, 2.45) is 5.73 Å². The van der Waals surface area contributed by atoms with Crippen LogP contribution in [0.15, 0.2) is 9.26 Å². The monoisotopic (exact) mass is 285 g/mol. The van der Waals surface area contributed by atoms with Crippen LogP contribution in [0.4, 0.5) is 0 Å². The van der Waals surface area contributed by atoms with Gasteiger partial charge in [-0.2, -0.15) is 4.98 Å². The first kappa shape index (κ1) is 11.1. The molecule has 1 aromatic rings. The predicted molar refractivity (Wildman–Crippen MR) is 49.5 cm³/mol. The second-order valence-electron chi connectivity index (χ2n) is 2.59. The van der Waals surface area contributed by atoms with E-state index in [0.717, 1.165) is 0 Å². The van der Waals surface area contributed by atoms with Crippen LogP contribution in [0, 0.1) is 0 Å². The Morgan fingerprint density at radius 3 is 2.27 bits per heavy atom. The topological polar surface area (TPSA) is 64.9 Å². The van der Waals surface area contributed by atoms with E-state index in [1.165, 1.54) is 0 Å². The van der Waals surface area contributed by atoms with Crippen molar-refractivity contribution >= 4 is 32.9 Å². The van der Waals surface area contributed by atoms with E-state index in [4.69, 9.17) is 10.3 Å². The average Bonchev–Trinajstić information content (AvgIpc) is 2.11.